The number of benzene rings is 1. The molecule has 1 aromatic carbocycles. The summed E-state index contributed by atoms with van der Waals surface area (Å²) in [6, 6.07) is 7.00. The van der Waals surface area contributed by atoms with Gasteiger partial charge in [-0.2, -0.15) is 0 Å². The Morgan fingerprint density at radius 1 is 1.10 bits per heavy atom. The third-order valence-corrected chi connectivity index (χ3v) is 5.90. The topological polar surface area (TPSA) is 106 Å². The molecule has 0 fully saturated rings. The van der Waals surface area contributed by atoms with Gasteiger partial charge in [-0.05, 0) is 11.1 Å². The van der Waals surface area contributed by atoms with Gasteiger partial charge in [0.1, 0.15) is 0 Å². The van der Waals surface area contributed by atoms with Crippen molar-refractivity contribution in [2.75, 3.05) is 18.1 Å². The van der Waals surface area contributed by atoms with Gasteiger partial charge in [0, 0.05) is 18.8 Å². The van der Waals surface area contributed by atoms with Gasteiger partial charge in [0.2, 0.25) is 10.0 Å². The van der Waals surface area contributed by atoms with Crippen LogP contribution in [-0.4, -0.2) is 34.9 Å². The molecule has 0 aromatic heterocycles. The van der Waals surface area contributed by atoms with Gasteiger partial charge >= 0.3 is 0 Å². The molecular weight excluding hydrogens is 300 g/mol. The maximum absolute atomic E-state index is 11.9. The average molecular weight is 320 g/mol. The molecule has 20 heavy (non-hydrogen) atoms. The smallest absolute Gasteiger partial charge is 0.215 e. The van der Waals surface area contributed by atoms with Crippen LogP contribution in [-0.2, 0) is 32.2 Å². The Bertz CT molecular complexity index is 639. The maximum atomic E-state index is 11.9. The number of nitrogens with one attached hydrogen (secondary N) is 1. The lowest BCUT2D eigenvalue weighted by molar-refractivity contribution is 0.580. The van der Waals surface area contributed by atoms with Crippen molar-refractivity contribution in [1.82, 2.24) is 4.72 Å². The van der Waals surface area contributed by atoms with Gasteiger partial charge in [0.05, 0.1) is 11.5 Å². The van der Waals surface area contributed by atoms with Crippen molar-refractivity contribution in [1.29, 1.82) is 0 Å². The highest BCUT2D eigenvalue weighted by molar-refractivity contribution is 7.91. The van der Waals surface area contributed by atoms with Crippen molar-refractivity contribution in [3.8, 4) is 0 Å². The Morgan fingerprint density at radius 3 is 2.25 bits per heavy atom. The van der Waals surface area contributed by atoms with E-state index in [-0.39, 0.29) is 30.3 Å². The van der Waals surface area contributed by atoms with Gasteiger partial charge in [-0.15, -0.1) is 0 Å². The minimum Gasteiger partial charge on any atom is -0.326 e. The van der Waals surface area contributed by atoms with Crippen molar-refractivity contribution < 1.29 is 16.8 Å². The molecular formula is C12H20N2O4S2. The van der Waals surface area contributed by atoms with Crippen LogP contribution >= 0.6 is 0 Å². The lowest BCUT2D eigenvalue weighted by Crippen LogP contribution is -2.31. The molecule has 0 radical (unpaired) electrons. The van der Waals surface area contributed by atoms with E-state index >= 15 is 0 Å². The molecule has 0 amide bonds. The molecule has 0 spiro atoms. The van der Waals surface area contributed by atoms with Crippen LogP contribution in [0.5, 0.6) is 0 Å². The second-order valence-electron chi connectivity index (χ2n) is 4.36. The maximum Gasteiger partial charge on any atom is 0.215 e. The molecule has 114 valence electrons. The third-order valence-electron chi connectivity index (χ3n) is 2.86. The van der Waals surface area contributed by atoms with E-state index < -0.39 is 19.9 Å². The number of sulfone groups is 1. The Hall–Kier alpha value is -0.960. The summed E-state index contributed by atoms with van der Waals surface area (Å²) in [7, 11) is -6.74. The molecule has 0 aliphatic rings. The van der Waals surface area contributed by atoms with Crippen LogP contribution in [0.3, 0.4) is 0 Å². The number of nitrogens with two attached hydrogens (primary N) is 1. The summed E-state index contributed by atoms with van der Waals surface area (Å²) in [6.45, 7) is 1.68. The minimum absolute atomic E-state index is 0.00470. The summed E-state index contributed by atoms with van der Waals surface area (Å²) in [5.74, 6) is -0.390. The Kier molecular flexibility index (Phi) is 6.12. The van der Waals surface area contributed by atoms with Crippen LogP contribution in [0.15, 0.2) is 24.3 Å². The van der Waals surface area contributed by atoms with Gasteiger partial charge in [0.15, 0.2) is 9.84 Å². The Labute approximate surface area is 120 Å². The SMILES string of the molecule is CCS(=O)(=O)CCNS(=O)(=O)Cc1ccccc1CN. The first-order valence-corrected chi connectivity index (χ1v) is 9.71. The molecule has 0 unspecified atom stereocenters. The quantitative estimate of drug-likeness (QED) is 0.701. The van der Waals surface area contributed by atoms with Crippen LogP contribution in [0, 0.1) is 0 Å². The zero-order valence-electron chi connectivity index (χ0n) is 11.4. The van der Waals surface area contributed by atoms with Gasteiger partial charge in [-0.3, -0.25) is 0 Å². The molecule has 0 bridgehead atoms. The monoisotopic (exact) mass is 320 g/mol. The molecule has 0 saturated carbocycles. The van der Waals surface area contributed by atoms with Crippen LogP contribution in [0.1, 0.15) is 18.1 Å². The molecule has 1 rings (SSSR count). The van der Waals surface area contributed by atoms with Crippen LogP contribution in [0.4, 0.5) is 0 Å². The van der Waals surface area contributed by atoms with Gasteiger partial charge in [-0.1, -0.05) is 31.2 Å². The fraction of sp³-hybridized carbons (Fsp3) is 0.500. The first-order chi connectivity index (χ1) is 9.29. The predicted octanol–water partition coefficient (Wildman–Crippen LogP) is -0.000600. The second-order valence-corrected chi connectivity index (χ2v) is 8.64. The molecule has 0 aliphatic heterocycles. The minimum atomic E-state index is -3.57. The van der Waals surface area contributed by atoms with Crippen molar-refractivity contribution >= 4 is 19.9 Å². The highest BCUT2D eigenvalue weighted by atomic mass is 32.2. The molecule has 1 aromatic rings. The summed E-state index contributed by atoms with van der Waals surface area (Å²) < 4.78 is 48.7. The highest BCUT2D eigenvalue weighted by Crippen LogP contribution is 2.11. The first kappa shape index (κ1) is 17.1. The van der Waals surface area contributed by atoms with E-state index in [0.29, 0.717) is 5.56 Å². The molecule has 0 heterocycles. The highest BCUT2D eigenvalue weighted by Gasteiger charge is 2.15. The van der Waals surface area contributed by atoms with Crippen molar-refractivity contribution in [3.05, 3.63) is 35.4 Å². The van der Waals surface area contributed by atoms with E-state index in [0.717, 1.165) is 5.56 Å². The van der Waals surface area contributed by atoms with Crippen LogP contribution in [0.25, 0.3) is 0 Å². The Morgan fingerprint density at radius 2 is 1.70 bits per heavy atom. The van der Waals surface area contributed by atoms with Gasteiger partial charge in [-0.25, -0.2) is 21.6 Å². The fourth-order valence-electron chi connectivity index (χ4n) is 1.65. The first-order valence-electron chi connectivity index (χ1n) is 6.24. The zero-order chi connectivity index (χ0) is 15.2. The van der Waals surface area contributed by atoms with Crippen molar-refractivity contribution in [2.24, 2.45) is 5.73 Å². The normalized spacial score (nSPS) is 12.5. The van der Waals surface area contributed by atoms with Crippen LogP contribution in [0.2, 0.25) is 0 Å². The number of sulfonamides is 1. The standard InChI is InChI=1S/C12H20N2O4S2/c1-2-19(15,16)8-7-14-20(17,18)10-12-6-4-3-5-11(12)9-13/h3-6,14H,2,7-10,13H2,1H3. The van der Waals surface area contributed by atoms with E-state index in [1.807, 2.05) is 0 Å². The zero-order valence-corrected chi connectivity index (χ0v) is 13.0. The van der Waals surface area contributed by atoms with E-state index in [2.05, 4.69) is 4.72 Å². The molecule has 3 N–H and O–H groups in total. The average Bonchev–Trinajstić information content (AvgIpc) is 2.38. The number of hydrogen-bond acceptors (Lipinski definition) is 5. The molecule has 0 atom stereocenters. The van der Waals surface area contributed by atoms with Crippen molar-refractivity contribution in [2.45, 2.75) is 19.2 Å². The molecule has 0 aliphatic carbocycles. The van der Waals surface area contributed by atoms with Gasteiger partial charge < -0.3 is 5.73 Å². The molecule has 0 saturated heterocycles. The van der Waals surface area contributed by atoms with E-state index in [1.165, 1.54) is 6.92 Å². The summed E-state index contributed by atoms with van der Waals surface area (Å²) in [5, 5.41) is 0. The molecule has 8 heteroatoms. The van der Waals surface area contributed by atoms with E-state index in [1.54, 1.807) is 24.3 Å². The summed E-state index contributed by atoms with van der Waals surface area (Å²) in [4.78, 5) is 0. The number of rotatable bonds is 8. The number of hydrogen-bond donors (Lipinski definition) is 2. The predicted molar refractivity (Wildman–Crippen MR) is 79.3 cm³/mol. The second kappa shape index (κ2) is 7.16. The van der Waals surface area contributed by atoms with Crippen molar-refractivity contribution in [3.63, 3.8) is 0 Å². The van der Waals surface area contributed by atoms with E-state index in [4.69, 9.17) is 5.73 Å². The Balaban J connectivity index is 2.66. The summed E-state index contributed by atoms with van der Waals surface area (Å²) >= 11 is 0. The lowest BCUT2D eigenvalue weighted by atomic mass is 10.1. The van der Waals surface area contributed by atoms with Gasteiger partial charge in [0.25, 0.3) is 0 Å². The summed E-state index contributed by atoms with van der Waals surface area (Å²) in [6.07, 6.45) is 0. The molecule has 6 nitrogen and oxygen atoms in total. The fourth-order valence-corrected chi connectivity index (χ4v) is 3.69. The summed E-state index contributed by atoms with van der Waals surface area (Å²) in [5.41, 5.74) is 6.94. The third kappa shape index (κ3) is 5.58. The van der Waals surface area contributed by atoms with Crippen LogP contribution < -0.4 is 10.5 Å². The lowest BCUT2D eigenvalue weighted by Gasteiger charge is -2.09. The largest absolute Gasteiger partial charge is 0.326 e. The van der Waals surface area contributed by atoms with E-state index in [9.17, 15) is 16.8 Å².